The first-order valence-electron chi connectivity index (χ1n) is 10.6. The molecule has 2 heterocycles. The summed E-state index contributed by atoms with van der Waals surface area (Å²) in [6.07, 6.45) is 4.40. The molecule has 2 aromatic heterocycles. The van der Waals surface area contributed by atoms with Crippen molar-refractivity contribution in [2.75, 3.05) is 12.5 Å². The predicted octanol–water partition coefficient (Wildman–Crippen LogP) is 5.38. The second kappa shape index (κ2) is 11.4. The maximum atomic E-state index is 13.4. The minimum atomic E-state index is -3.67. The first-order chi connectivity index (χ1) is 16.9. The van der Waals surface area contributed by atoms with E-state index in [0.29, 0.717) is 15.3 Å². The van der Waals surface area contributed by atoms with Gasteiger partial charge in [-0.1, -0.05) is 25.1 Å². The SMILES string of the molecule is CCc1nc(-c2ccc(F)cc2)c(-c2ccnc([N+]([O-])=S(C)(=O)c3ccccc3)c2)s1.CS(=O)(=O)O. The molecule has 1 atom stereocenters. The van der Waals surface area contributed by atoms with Gasteiger partial charge in [-0.15, -0.1) is 11.3 Å². The fraction of sp³-hybridized carbons (Fsp3) is 0.167. The van der Waals surface area contributed by atoms with Gasteiger partial charge in [0.1, 0.15) is 21.7 Å². The van der Waals surface area contributed by atoms with Gasteiger partial charge in [0.2, 0.25) is 0 Å². The normalized spacial score (nSPS) is 12.8. The van der Waals surface area contributed by atoms with Gasteiger partial charge < -0.3 is 5.21 Å². The van der Waals surface area contributed by atoms with Gasteiger partial charge >= 0.3 is 5.82 Å². The van der Waals surface area contributed by atoms with Crippen LogP contribution in [0.3, 0.4) is 0 Å². The van der Waals surface area contributed by atoms with E-state index in [1.54, 1.807) is 54.6 Å². The fourth-order valence-electron chi connectivity index (χ4n) is 3.12. The molecule has 36 heavy (non-hydrogen) atoms. The minimum Gasteiger partial charge on any atom is -0.641 e. The van der Waals surface area contributed by atoms with Crippen molar-refractivity contribution in [1.82, 2.24) is 9.97 Å². The third kappa shape index (κ3) is 7.02. The molecule has 0 amide bonds. The van der Waals surface area contributed by atoms with Crippen LogP contribution in [0.25, 0.3) is 21.7 Å². The third-order valence-electron chi connectivity index (χ3n) is 4.78. The van der Waals surface area contributed by atoms with Crippen LogP contribution in [0.15, 0.2) is 77.8 Å². The average molecular weight is 550 g/mol. The zero-order chi connectivity index (χ0) is 26.5. The van der Waals surface area contributed by atoms with Gasteiger partial charge in [-0.25, -0.2) is 17.7 Å². The Hall–Kier alpha value is -3.03. The van der Waals surface area contributed by atoms with E-state index >= 15 is 0 Å². The van der Waals surface area contributed by atoms with Crippen LogP contribution in [0.1, 0.15) is 11.9 Å². The molecular formula is C24H24FN3O5S3. The van der Waals surface area contributed by atoms with Gasteiger partial charge in [-0.2, -0.15) is 8.42 Å². The Labute approximate surface area is 213 Å². The molecule has 0 aliphatic carbocycles. The number of hydrogen-bond donors (Lipinski definition) is 1. The van der Waals surface area contributed by atoms with Crippen LogP contribution in [-0.2, 0) is 26.3 Å². The van der Waals surface area contributed by atoms with Gasteiger partial charge in [0.25, 0.3) is 10.1 Å². The first-order valence-corrected chi connectivity index (χ1v) is 15.1. The van der Waals surface area contributed by atoms with Crippen LogP contribution in [-0.4, -0.2) is 43.8 Å². The van der Waals surface area contributed by atoms with E-state index < -0.39 is 19.8 Å². The molecule has 0 fully saturated rings. The van der Waals surface area contributed by atoms with E-state index in [-0.39, 0.29) is 11.6 Å². The second-order valence-electron chi connectivity index (χ2n) is 7.65. The molecule has 0 bridgehead atoms. The molecule has 12 heteroatoms. The number of aromatic nitrogens is 2. The van der Waals surface area contributed by atoms with Gasteiger partial charge in [0.05, 0.1) is 26.7 Å². The molecule has 0 saturated carbocycles. The average Bonchev–Trinajstić information content (AvgIpc) is 3.28. The molecule has 4 rings (SSSR count). The first kappa shape index (κ1) is 27.6. The summed E-state index contributed by atoms with van der Waals surface area (Å²) in [4.78, 5) is 10.2. The van der Waals surface area contributed by atoms with Crippen molar-refractivity contribution < 1.29 is 25.7 Å². The van der Waals surface area contributed by atoms with E-state index in [1.165, 1.54) is 35.9 Å². The molecule has 190 valence electrons. The molecule has 8 nitrogen and oxygen atoms in total. The fourth-order valence-corrected chi connectivity index (χ4v) is 5.45. The summed E-state index contributed by atoms with van der Waals surface area (Å²) < 4.78 is 53.0. The zero-order valence-electron chi connectivity index (χ0n) is 19.7. The molecule has 2 aromatic carbocycles. The number of hydrogen-bond acceptors (Lipinski definition) is 7. The molecule has 0 spiro atoms. The van der Waals surface area contributed by atoms with Gasteiger partial charge in [0.15, 0.2) is 0 Å². The van der Waals surface area contributed by atoms with E-state index in [2.05, 4.69) is 4.98 Å². The van der Waals surface area contributed by atoms with Crippen LogP contribution in [0.2, 0.25) is 0 Å². The number of benzene rings is 2. The molecule has 0 aliphatic rings. The molecule has 0 saturated heterocycles. The monoisotopic (exact) mass is 549 g/mol. The summed E-state index contributed by atoms with van der Waals surface area (Å²) in [7, 11) is -6.71. The number of nitrogens with zero attached hydrogens (tertiary/aromatic N) is 3. The smallest absolute Gasteiger partial charge is 0.327 e. The number of rotatable bonds is 5. The molecule has 1 unspecified atom stereocenters. The summed E-state index contributed by atoms with van der Waals surface area (Å²) in [6.45, 7) is 2.01. The van der Waals surface area contributed by atoms with Crippen molar-refractivity contribution in [2.24, 2.45) is 0 Å². The van der Waals surface area contributed by atoms with Crippen LogP contribution in [0, 0.1) is 11.0 Å². The number of halogens is 1. The predicted molar refractivity (Wildman–Crippen MR) is 140 cm³/mol. The van der Waals surface area contributed by atoms with Crippen molar-refractivity contribution in [3.63, 3.8) is 0 Å². The summed E-state index contributed by atoms with van der Waals surface area (Å²) in [6, 6.07) is 18.2. The summed E-state index contributed by atoms with van der Waals surface area (Å²) in [5.41, 5.74) is 2.25. The minimum absolute atomic E-state index is 0.0605. The molecule has 0 aliphatic heterocycles. The number of thiazole rings is 1. The van der Waals surface area contributed by atoms with Crippen molar-refractivity contribution in [1.29, 1.82) is 0 Å². The second-order valence-corrected chi connectivity index (χ2v) is 12.6. The highest BCUT2D eigenvalue weighted by Crippen LogP contribution is 2.38. The van der Waals surface area contributed by atoms with E-state index in [4.69, 9.17) is 9.54 Å². The highest BCUT2D eigenvalue weighted by atomic mass is 32.2. The lowest BCUT2D eigenvalue weighted by molar-refractivity contribution is -0.339. The van der Waals surface area contributed by atoms with Crippen molar-refractivity contribution in [3.8, 4) is 21.7 Å². The van der Waals surface area contributed by atoms with Crippen molar-refractivity contribution in [2.45, 2.75) is 18.2 Å². The third-order valence-corrected chi connectivity index (χ3v) is 8.00. The Morgan fingerprint density at radius 1 is 1.00 bits per heavy atom. The largest absolute Gasteiger partial charge is 0.641 e. The Morgan fingerprint density at radius 2 is 1.61 bits per heavy atom. The summed E-state index contributed by atoms with van der Waals surface area (Å²) >= 11 is 1.51. The quantitative estimate of drug-likeness (QED) is 0.201. The van der Waals surface area contributed by atoms with Crippen LogP contribution in [0.5, 0.6) is 0 Å². The van der Waals surface area contributed by atoms with E-state index in [1.807, 2.05) is 6.92 Å². The lowest BCUT2D eigenvalue weighted by Gasteiger charge is -2.14. The number of pyridine rings is 1. The molecule has 4 aromatic rings. The van der Waals surface area contributed by atoms with Crippen molar-refractivity contribution in [3.05, 3.63) is 89.0 Å². The maximum absolute atomic E-state index is 13.4. The molecule has 1 N–H and O–H groups in total. The topological polar surface area (TPSA) is 123 Å². The summed E-state index contributed by atoms with van der Waals surface area (Å²) in [5, 5.41) is 14.0. The molecular weight excluding hydrogens is 525 g/mol. The van der Waals surface area contributed by atoms with Gasteiger partial charge in [-0.3, -0.25) is 4.55 Å². The lowest BCUT2D eigenvalue weighted by Crippen LogP contribution is -2.12. The van der Waals surface area contributed by atoms with Gasteiger partial charge in [-0.05, 0) is 53.9 Å². The Balaban J connectivity index is 0.000000658. The van der Waals surface area contributed by atoms with E-state index in [9.17, 15) is 22.2 Å². The Bertz CT molecular complexity index is 1570. The lowest BCUT2D eigenvalue weighted by atomic mass is 10.1. The zero-order valence-corrected chi connectivity index (χ0v) is 22.1. The van der Waals surface area contributed by atoms with Crippen LogP contribution < -0.4 is 0 Å². The number of aryl methyl sites for hydroxylation is 1. The Morgan fingerprint density at radius 3 is 2.19 bits per heavy atom. The van der Waals surface area contributed by atoms with Crippen molar-refractivity contribution >= 4 is 37.0 Å². The maximum Gasteiger partial charge on any atom is 0.327 e. The standard InChI is InChI=1S/C23H20FN3O2S2.CH4O3S/c1-3-21-26-22(16-9-11-18(24)12-10-16)23(30-21)17-13-14-25-20(15-17)27(28)31(2,29)19-7-5-4-6-8-19;1-5(2,3)4/h4-15H,3H2,1-2H3;1H3,(H,2,3,4). The highest BCUT2D eigenvalue weighted by Gasteiger charge is 2.19. The van der Waals surface area contributed by atoms with E-state index in [0.717, 1.165) is 33.1 Å². The summed E-state index contributed by atoms with van der Waals surface area (Å²) in [5.74, 6) is -0.256. The van der Waals surface area contributed by atoms with Gasteiger partial charge in [0, 0.05) is 23.4 Å². The highest BCUT2D eigenvalue weighted by molar-refractivity contribution is 7.90. The van der Waals surface area contributed by atoms with Crippen LogP contribution in [0.4, 0.5) is 10.2 Å². The Kier molecular flexibility index (Phi) is 8.69. The van der Waals surface area contributed by atoms with Crippen LogP contribution >= 0.6 is 11.3 Å². The molecule has 0 radical (unpaired) electrons.